The Kier molecular flexibility index (Phi) is 7.50. The summed E-state index contributed by atoms with van der Waals surface area (Å²) in [7, 11) is 0. The van der Waals surface area contributed by atoms with Crippen molar-refractivity contribution in [2.45, 2.75) is 28.5 Å². The Morgan fingerprint density at radius 3 is 2.00 bits per heavy atom. The SMILES string of the molecule is O=C1C2CC=C3C(CC4(Cl)C(=O)N(c5c(F)c(F)c(F)c(F)c5F)C(=O)C4(Cl)C3c3cccc(F)c3O)C2C(=O)N1c1ccc(I)cc1. The molecule has 4 aliphatic rings. The second kappa shape index (κ2) is 10.9. The lowest BCUT2D eigenvalue weighted by Crippen LogP contribution is -2.60. The first kappa shape index (κ1) is 32.9. The van der Waals surface area contributed by atoms with Crippen LogP contribution in [-0.4, -0.2) is 38.5 Å². The second-order valence-electron chi connectivity index (χ2n) is 11.9. The molecule has 0 bridgehead atoms. The number of amides is 4. The normalized spacial score (nSPS) is 29.6. The molecule has 3 aromatic carbocycles. The highest BCUT2D eigenvalue weighted by atomic mass is 127. The summed E-state index contributed by atoms with van der Waals surface area (Å²) in [4.78, 5) is 51.1. The van der Waals surface area contributed by atoms with E-state index in [9.17, 15) is 41.8 Å². The number of allylic oxidation sites excluding steroid dienone is 2. The fraction of sp³-hybridized carbons (Fsp3) is 0.250. The van der Waals surface area contributed by atoms with Gasteiger partial charge in [0.25, 0.3) is 11.8 Å². The van der Waals surface area contributed by atoms with Crippen LogP contribution in [0.25, 0.3) is 0 Å². The monoisotopic (exact) mass is 820 g/mol. The molecule has 1 saturated carbocycles. The smallest absolute Gasteiger partial charge is 0.258 e. The van der Waals surface area contributed by atoms with Gasteiger partial charge in [0, 0.05) is 15.1 Å². The fourth-order valence-corrected chi connectivity index (χ4v) is 8.81. The number of anilines is 2. The standard InChI is InChI=1S/C32H17Cl2F6IN2O5/c33-31-10-16-13(8-9-14-18(16)28(46)42(27(14)45)12-6-4-11(41)5-7-12)19(15-2-1-3-17(35)26(15)44)32(31,34)30(48)43(29(31)47)25-23(39)21(37)20(36)22(38)24(25)40/h1-8,14,16,18-19,44H,9-10H2. The van der Waals surface area contributed by atoms with Gasteiger partial charge in [0.1, 0.15) is 5.69 Å². The third kappa shape index (κ3) is 4.08. The van der Waals surface area contributed by atoms with Crippen LogP contribution < -0.4 is 9.80 Å². The first-order chi connectivity index (χ1) is 22.6. The molecule has 1 N–H and O–H groups in total. The summed E-state index contributed by atoms with van der Waals surface area (Å²) in [6.07, 6.45) is 0.608. The predicted molar refractivity (Wildman–Crippen MR) is 166 cm³/mol. The van der Waals surface area contributed by atoms with Crippen LogP contribution in [0.3, 0.4) is 0 Å². The van der Waals surface area contributed by atoms with Crippen molar-refractivity contribution in [3.05, 3.63) is 98.2 Å². The van der Waals surface area contributed by atoms with Gasteiger partial charge in [-0.05, 0) is 71.7 Å². The Balaban J connectivity index is 1.44. The second-order valence-corrected chi connectivity index (χ2v) is 14.3. The zero-order valence-electron chi connectivity index (χ0n) is 23.7. The maximum Gasteiger partial charge on any atom is 0.258 e. The molecule has 4 amide bonds. The van der Waals surface area contributed by atoms with E-state index in [4.69, 9.17) is 23.2 Å². The van der Waals surface area contributed by atoms with Gasteiger partial charge >= 0.3 is 0 Å². The summed E-state index contributed by atoms with van der Waals surface area (Å²) in [5.41, 5.74) is -2.04. The van der Waals surface area contributed by atoms with Crippen LogP contribution in [0.4, 0.5) is 37.7 Å². The molecule has 48 heavy (non-hydrogen) atoms. The molecule has 6 atom stereocenters. The number of rotatable bonds is 3. The zero-order chi connectivity index (χ0) is 34.8. The highest BCUT2D eigenvalue weighted by molar-refractivity contribution is 14.1. The molecule has 2 saturated heterocycles. The number of hydrogen-bond acceptors (Lipinski definition) is 5. The molecule has 7 nitrogen and oxygen atoms in total. The highest BCUT2D eigenvalue weighted by Crippen LogP contribution is 2.66. The van der Waals surface area contributed by atoms with Crippen LogP contribution in [0.1, 0.15) is 24.3 Å². The number of phenolic OH excluding ortho intramolecular Hbond substituents is 1. The van der Waals surface area contributed by atoms with E-state index in [0.717, 1.165) is 26.7 Å². The molecule has 2 aliphatic carbocycles. The van der Waals surface area contributed by atoms with E-state index in [1.165, 1.54) is 6.08 Å². The number of benzene rings is 3. The van der Waals surface area contributed by atoms with Crippen molar-refractivity contribution in [1.29, 1.82) is 0 Å². The Morgan fingerprint density at radius 2 is 1.38 bits per heavy atom. The van der Waals surface area contributed by atoms with Crippen LogP contribution in [0, 0.1) is 56.2 Å². The van der Waals surface area contributed by atoms with Gasteiger partial charge in [0.05, 0.1) is 17.5 Å². The average Bonchev–Trinajstić information content (AvgIpc) is 3.39. The van der Waals surface area contributed by atoms with Crippen molar-refractivity contribution >= 4 is 80.8 Å². The minimum Gasteiger partial charge on any atom is -0.505 e. The van der Waals surface area contributed by atoms with Crippen LogP contribution in [0.2, 0.25) is 0 Å². The minimum absolute atomic E-state index is 0.0782. The van der Waals surface area contributed by atoms with Crippen molar-refractivity contribution in [3.8, 4) is 5.75 Å². The van der Waals surface area contributed by atoms with Gasteiger partial charge in [-0.2, -0.15) is 0 Å². The van der Waals surface area contributed by atoms with Gasteiger partial charge in [-0.15, -0.1) is 23.2 Å². The molecule has 3 fully saturated rings. The van der Waals surface area contributed by atoms with Crippen LogP contribution in [-0.2, 0) is 19.2 Å². The molecule has 0 spiro atoms. The van der Waals surface area contributed by atoms with E-state index in [-0.39, 0.29) is 22.6 Å². The number of carbonyl (C=O) groups excluding carboxylic acids is 4. The molecule has 6 unspecified atom stereocenters. The van der Waals surface area contributed by atoms with Gasteiger partial charge in [0.2, 0.25) is 17.6 Å². The van der Waals surface area contributed by atoms with Gasteiger partial charge in [0.15, 0.2) is 44.6 Å². The summed E-state index contributed by atoms with van der Waals surface area (Å²) in [6.45, 7) is 0. The fourth-order valence-electron chi connectivity index (χ4n) is 7.52. The Labute approximate surface area is 290 Å². The Hall–Kier alpha value is -3.63. The number of imide groups is 2. The van der Waals surface area contributed by atoms with Crippen molar-refractivity contribution in [2.24, 2.45) is 17.8 Å². The first-order valence-corrected chi connectivity index (χ1v) is 16.0. The number of para-hydroxylation sites is 1. The molecular formula is C32H17Cl2F6IN2O5. The van der Waals surface area contributed by atoms with Crippen molar-refractivity contribution in [1.82, 2.24) is 0 Å². The third-order valence-corrected chi connectivity index (χ3v) is 11.8. The molecule has 2 aliphatic heterocycles. The molecule has 2 heterocycles. The maximum atomic E-state index is 15.1. The molecule has 0 radical (unpaired) electrons. The van der Waals surface area contributed by atoms with E-state index < -0.39 is 115 Å². The van der Waals surface area contributed by atoms with Crippen molar-refractivity contribution < 1.29 is 50.6 Å². The number of carbonyl (C=O) groups is 4. The predicted octanol–water partition coefficient (Wildman–Crippen LogP) is 6.60. The van der Waals surface area contributed by atoms with Gasteiger partial charge in [-0.25, -0.2) is 31.2 Å². The first-order valence-electron chi connectivity index (χ1n) is 14.2. The van der Waals surface area contributed by atoms with Crippen LogP contribution >= 0.6 is 45.8 Å². The number of nitrogens with zero attached hydrogens (tertiary/aromatic N) is 2. The number of hydrogen-bond donors (Lipinski definition) is 1. The molecule has 16 heteroatoms. The summed E-state index contributed by atoms with van der Waals surface area (Å²) in [6, 6.07) is 9.55. The summed E-state index contributed by atoms with van der Waals surface area (Å²) >= 11 is 16.0. The van der Waals surface area contributed by atoms with E-state index in [1.807, 2.05) is 22.6 Å². The topological polar surface area (TPSA) is 95.0 Å². The Morgan fingerprint density at radius 1 is 0.771 bits per heavy atom. The lowest BCUT2D eigenvalue weighted by molar-refractivity contribution is -0.125. The van der Waals surface area contributed by atoms with Crippen LogP contribution in [0.5, 0.6) is 5.75 Å². The van der Waals surface area contributed by atoms with E-state index in [1.54, 1.807) is 24.3 Å². The highest BCUT2D eigenvalue weighted by Gasteiger charge is 2.77. The lowest BCUT2D eigenvalue weighted by atomic mass is 9.56. The molecular weight excluding hydrogens is 804 g/mol. The van der Waals surface area contributed by atoms with Gasteiger partial charge in [-0.1, -0.05) is 23.8 Å². The van der Waals surface area contributed by atoms with Crippen molar-refractivity contribution in [3.63, 3.8) is 0 Å². The Bertz CT molecular complexity index is 2020. The number of phenols is 1. The molecule has 0 aromatic heterocycles. The average molecular weight is 821 g/mol. The number of aromatic hydroxyl groups is 1. The largest absolute Gasteiger partial charge is 0.505 e. The summed E-state index contributed by atoms with van der Waals surface area (Å²) in [5.74, 6) is -24.8. The lowest BCUT2D eigenvalue weighted by Gasteiger charge is -2.50. The molecule has 3 aromatic rings. The van der Waals surface area contributed by atoms with Gasteiger partial charge in [-0.3, -0.25) is 24.1 Å². The zero-order valence-corrected chi connectivity index (χ0v) is 27.4. The number of halogens is 9. The van der Waals surface area contributed by atoms with E-state index >= 15 is 8.78 Å². The molecule has 7 rings (SSSR count). The van der Waals surface area contributed by atoms with E-state index in [2.05, 4.69) is 0 Å². The quantitative estimate of drug-likeness (QED) is 0.0612. The maximum absolute atomic E-state index is 15.1. The van der Waals surface area contributed by atoms with Gasteiger partial charge < -0.3 is 5.11 Å². The van der Waals surface area contributed by atoms with Crippen LogP contribution in [0.15, 0.2) is 54.1 Å². The summed E-state index contributed by atoms with van der Waals surface area (Å²) in [5, 5.41) is 10.9. The molecule has 248 valence electrons. The van der Waals surface area contributed by atoms with E-state index in [0.29, 0.717) is 0 Å². The third-order valence-electron chi connectivity index (χ3n) is 9.64. The van der Waals surface area contributed by atoms with Crippen molar-refractivity contribution in [2.75, 3.05) is 9.80 Å². The number of fused-ring (bicyclic) bond motifs is 4. The number of alkyl halides is 2. The summed E-state index contributed by atoms with van der Waals surface area (Å²) < 4.78 is 88.5. The minimum atomic E-state index is -2.88.